The van der Waals surface area contributed by atoms with Crippen LogP contribution < -0.4 is 0 Å². The largest absolute Gasteiger partial charge is 0.181 e. The number of aromatic nitrogens is 3. The van der Waals surface area contributed by atoms with Gasteiger partial charge < -0.3 is 0 Å². The number of fused-ring (bicyclic) bond motifs is 1. The van der Waals surface area contributed by atoms with Gasteiger partial charge in [0.2, 0.25) is 0 Å². The van der Waals surface area contributed by atoms with Crippen molar-refractivity contribution < 1.29 is 0 Å². The van der Waals surface area contributed by atoms with Crippen LogP contribution in [0.5, 0.6) is 0 Å². The third kappa shape index (κ3) is 2.24. The van der Waals surface area contributed by atoms with Crippen LogP contribution in [0.2, 0.25) is 0 Å². The Labute approximate surface area is 124 Å². The molecule has 0 aliphatic carbocycles. The van der Waals surface area contributed by atoms with Gasteiger partial charge in [-0.15, -0.1) is 0 Å². The van der Waals surface area contributed by atoms with Gasteiger partial charge in [-0.25, -0.2) is 0 Å². The summed E-state index contributed by atoms with van der Waals surface area (Å²) >= 11 is 1.72. The Balaban J connectivity index is 0.00000147. The minimum Gasteiger partial charge on any atom is -0.181 e. The van der Waals surface area contributed by atoms with E-state index in [1.165, 1.54) is 22.3 Å². The van der Waals surface area contributed by atoms with Gasteiger partial charge in [0.15, 0.2) is 0 Å². The van der Waals surface area contributed by atoms with Crippen LogP contribution in [-0.4, -0.2) is 15.0 Å². The molecule has 0 N–H and O–H groups in total. The fourth-order valence-electron chi connectivity index (χ4n) is 2.27. The standard InChI is InChI=1S/C15H17N3S.CH4/c1-9(2)18-16-14-7-13(12-5-6-19-8-12)10(3)11(4)15(14)17-18;/h5-9H,1-4H3;1H4. The molecule has 4 heteroatoms. The van der Waals surface area contributed by atoms with Crippen molar-refractivity contribution in [3.8, 4) is 11.1 Å². The Morgan fingerprint density at radius 3 is 2.50 bits per heavy atom. The van der Waals surface area contributed by atoms with E-state index in [2.05, 4.69) is 60.8 Å². The quantitative estimate of drug-likeness (QED) is 0.664. The molecule has 0 radical (unpaired) electrons. The van der Waals surface area contributed by atoms with Crippen molar-refractivity contribution in [1.82, 2.24) is 15.0 Å². The first-order valence-corrected chi connectivity index (χ1v) is 7.41. The molecule has 2 aromatic heterocycles. The number of rotatable bonds is 2. The first-order chi connectivity index (χ1) is 9.08. The summed E-state index contributed by atoms with van der Waals surface area (Å²) in [5, 5.41) is 13.5. The zero-order valence-corrected chi connectivity index (χ0v) is 12.5. The van der Waals surface area contributed by atoms with Gasteiger partial charge in [-0.05, 0) is 72.8 Å². The Hall–Kier alpha value is -1.68. The van der Waals surface area contributed by atoms with E-state index in [1.54, 1.807) is 16.1 Å². The molecule has 3 rings (SSSR count). The molecule has 20 heavy (non-hydrogen) atoms. The summed E-state index contributed by atoms with van der Waals surface area (Å²) in [6.45, 7) is 8.49. The zero-order chi connectivity index (χ0) is 13.6. The summed E-state index contributed by atoms with van der Waals surface area (Å²) in [5.41, 5.74) is 7.06. The Kier molecular flexibility index (Phi) is 3.95. The third-order valence-corrected chi connectivity index (χ3v) is 4.24. The van der Waals surface area contributed by atoms with E-state index >= 15 is 0 Å². The molecule has 0 saturated carbocycles. The lowest BCUT2D eigenvalue weighted by Crippen LogP contribution is -2.04. The Morgan fingerprint density at radius 1 is 1.15 bits per heavy atom. The first-order valence-electron chi connectivity index (χ1n) is 6.47. The van der Waals surface area contributed by atoms with Crippen LogP contribution in [0, 0.1) is 13.8 Å². The van der Waals surface area contributed by atoms with Gasteiger partial charge in [0.05, 0.1) is 6.04 Å². The number of thiophene rings is 1. The van der Waals surface area contributed by atoms with Crippen LogP contribution in [0.25, 0.3) is 22.2 Å². The highest BCUT2D eigenvalue weighted by molar-refractivity contribution is 7.08. The van der Waals surface area contributed by atoms with Crippen molar-refractivity contribution in [3.63, 3.8) is 0 Å². The molecule has 0 atom stereocenters. The van der Waals surface area contributed by atoms with Gasteiger partial charge >= 0.3 is 0 Å². The summed E-state index contributed by atoms with van der Waals surface area (Å²) in [6.07, 6.45) is 0. The maximum atomic E-state index is 4.60. The minimum atomic E-state index is 0. The predicted molar refractivity (Wildman–Crippen MR) is 87.4 cm³/mol. The van der Waals surface area contributed by atoms with Crippen molar-refractivity contribution in [1.29, 1.82) is 0 Å². The van der Waals surface area contributed by atoms with Crippen LogP contribution in [0.15, 0.2) is 22.9 Å². The van der Waals surface area contributed by atoms with E-state index in [1.807, 2.05) is 0 Å². The zero-order valence-electron chi connectivity index (χ0n) is 11.6. The minimum absolute atomic E-state index is 0. The van der Waals surface area contributed by atoms with Gasteiger partial charge in [0.1, 0.15) is 11.0 Å². The lowest BCUT2D eigenvalue weighted by atomic mass is 9.98. The predicted octanol–water partition coefficient (Wildman–Crippen LogP) is 4.99. The van der Waals surface area contributed by atoms with E-state index in [9.17, 15) is 0 Å². The van der Waals surface area contributed by atoms with E-state index in [0.717, 1.165) is 11.0 Å². The second kappa shape index (κ2) is 5.37. The lowest BCUT2D eigenvalue weighted by molar-refractivity contribution is 0.472. The average Bonchev–Trinajstić information content (AvgIpc) is 3.02. The topological polar surface area (TPSA) is 30.7 Å². The normalized spacial score (nSPS) is 11.1. The Morgan fingerprint density at radius 2 is 1.90 bits per heavy atom. The molecule has 3 nitrogen and oxygen atoms in total. The molecule has 0 amide bonds. The molecule has 3 aromatic rings. The highest BCUT2D eigenvalue weighted by Crippen LogP contribution is 2.31. The second-order valence-corrected chi connectivity index (χ2v) is 5.95. The van der Waals surface area contributed by atoms with Crippen LogP contribution in [0.4, 0.5) is 0 Å². The fourth-order valence-corrected chi connectivity index (χ4v) is 2.93. The summed E-state index contributed by atoms with van der Waals surface area (Å²) in [6, 6.07) is 4.60. The Bertz CT molecular complexity index is 724. The van der Waals surface area contributed by atoms with Crippen molar-refractivity contribution in [3.05, 3.63) is 34.0 Å². The van der Waals surface area contributed by atoms with Gasteiger partial charge in [-0.3, -0.25) is 0 Å². The maximum Gasteiger partial charge on any atom is 0.116 e. The highest BCUT2D eigenvalue weighted by atomic mass is 32.1. The summed E-state index contributed by atoms with van der Waals surface area (Å²) < 4.78 is 0. The van der Waals surface area contributed by atoms with E-state index in [4.69, 9.17) is 0 Å². The third-order valence-electron chi connectivity index (χ3n) is 3.55. The smallest absolute Gasteiger partial charge is 0.116 e. The molecular weight excluding hydrogens is 266 g/mol. The summed E-state index contributed by atoms with van der Waals surface area (Å²) in [7, 11) is 0. The number of aryl methyl sites for hydroxylation is 1. The molecule has 0 aliphatic rings. The molecule has 0 unspecified atom stereocenters. The van der Waals surface area contributed by atoms with Crippen molar-refractivity contribution >= 4 is 22.4 Å². The van der Waals surface area contributed by atoms with E-state index in [-0.39, 0.29) is 13.5 Å². The molecule has 0 spiro atoms. The molecule has 0 fully saturated rings. The SMILES string of the molecule is C.Cc1c(-c2ccsc2)cc2nn(C(C)C)nc2c1C. The van der Waals surface area contributed by atoms with Gasteiger partial charge in [-0.2, -0.15) is 26.3 Å². The van der Waals surface area contributed by atoms with Gasteiger partial charge in [0.25, 0.3) is 0 Å². The molecular formula is C16H21N3S. The number of benzene rings is 1. The van der Waals surface area contributed by atoms with Crippen LogP contribution in [0.3, 0.4) is 0 Å². The molecule has 1 aromatic carbocycles. The number of hydrogen-bond acceptors (Lipinski definition) is 3. The molecule has 0 saturated heterocycles. The second-order valence-electron chi connectivity index (χ2n) is 5.17. The molecule has 0 aliphatic heterocycles. The van der Waals surface area contributed by atoms with Crippen LogP contribution in [0.1, 0.15) is 38.4 Å². The van der Waals surface area contributed by atoms with Crippen LogP contribution in [-0.2, 0) is 0 Å². The monoisotopic (exact) mass is 287 g/mol. The molecule has 2 heterocycles. The summed E-state index contributed by atoms with van der Waals surface area (Å²) in [5.74, 6) is 0. The van der Waals surface area contributed by atoms with Crippen molar-refractivity contribution in [2.75, 3.05) is 0 Å². The van der Waals surface area contributed by atoms with Crippen LogP contribution >= 0.6 is 11.3 Å². The van der Waals surface area contributed by atoms with Crippen molar-refractivity contribution in [2.24, 2.45) is 0 Å². The lowest BCUT2D eigenvalue weighted by Gasteiger charge is -2.07. The number of hydrogen-bond donors (Lipinski definition) is 0. The summed E-state index contributed by atoms with van der Waals surface area (Å²) in [4.78, 5) is 1.80. The van der Waals surface area contributed by atoms with E-state index in [0.29, 0.717) is 0 Å². The number of nitrogens with zero attached hydrogens (tertiary/aromatic N) is 3. The molecule has 0 bridgehead atoms. The highest BCUT2D eigenvalue weighted by Gasteiger charge is 2.14. The fraction of sp³-hybridized carbons (Fsp3) is 0.375. The van der Waals surface area contributed by atoms with Gasteiger partial charge in [0, 0.05) is 0 Å². The first kappa shape index (κ1) is 14.7. The van der Waals surface area contributed by atoms with E-state index < -0.39 is 0 Å². The van der Waals surface area contributed by atoms with Gasteiger partial charge in [-0.1, -0.05) is 7.43 Å². The average molecular weight is 287 g/mol. The maximum absolute atomic E-state index is 4.60. The molecule has 106 valence electrons. The van der Waals surface area contributed by atoms with Crippen molar-refractivity contribution in [2.45, 2.75) is 41.2 Å².